The molecule has 0 bridgehead atoms. The summed E-state index contributed by atoms with van der Waals surface area (Å²) in [5, 5.41) is 3.91. The molecular weight excluding hydrogens is 322 g/mol. The quantitative estimate of drug-likeness (QED) is 0.872. The maximum atomic E-state index is 11.4. The van der Waals surface area contributed by atoms with Crippen molar-refractivity contribution in [2.75, 3.05) is 6.26 Å². The molecule has 2 heterocycles. The molecule has 2 aromatic rings. The van der Waals surface area contributed by atoms with Gasteiger partial charge in [0, 0.05) is 4.88 Å². The summed E-state index contributed by atoms with van der Waals surface area (Å²) in [4.78, 5) is 6.49. The molecule has 0 saturated heterocycles. The Kier molecular flexibility index (Phi) is 4.74. The van der Waals surface area contributed by atoms with Crippen molar-refractivity contribution in [1.29, 1.82) is 0 Å². The number of sulfonamides is 1. The Bertz CT molecular complexity index is 745. The van der Waals surface area contributed by atoms with Crippen LogP contribution >= 0.6 is 11.3 Å². The van der Waals surface area contributed by atoms with Crippen molar-refractivity contribution in [1.82, 2.24) is 14.9 Å². The average molecular weight is 343 g/mol. The van der Waals surface area contributed by atoms with E-state index in [2.05, 4.69) is 34.8 Å². The highest BCUT2D eigenvalue weighted by Gasteiger charge is 2.30. The standard InChI is InChI=1S/C14H21N3O3S2/c1-9(2)8-10-6-7-11(21-10)12-15-13(16-20-12)14(3,4)17-22(5,18)19/h6-7,9,17H,8H2,1-5H3. The maximum absolute atomic E-state index is 11.4. The van der Waals surface area contributed by atoms with Crippen LogP contribution in [0, 0.1) is 5.92 Å². The summed E-state index contributed by atoms with van der Waals surface area (Å²) in [6.45, 7) is 7.73. The van der Waals surface area contributed by atoms with E-state index in [9.17, 15) is 8.42 Å². The second-order valence-electron chi connectivity index (χ2n) is 6.29. The highest BCUT2D eigenvalue weighted by Crippen LogP contribution is 2.29. The van der Waals surface area contributed by atoms with Gasteiger partial charge in [-0.2, -0.15) is 4.98 Å². The van der Waals surface area contributed by atoms with Crippen molar-refractivity contribution in [2.24, 2.45) is 5.92 Å². The molecule has 2 aromatic heterocycles. The molecule has 0 spiro atoms. The summed E-state index contributed by atoms with van der Waals surface area (Å²) in [6, 6.07) is 4.01. The first kappa shape index (κ1) is 17.1. The second kappa shape index (κ2) is 6.10. The van der Waals surface area contributed by atoms with Crippen molar-refractivity contribution in [3.63, 3.8) is 0 Å². The van der Waals surface area contributed by atoms with Crippen LogP contribution in [0.25, 0.3) is 10.8 Å². The van der Waals surface area contributed by atoms with Crippen molar-refractivity contribution in [3.8, 4) is 10.8 Å². The molecule has 0 fully saturated rings. The minimum atomic E-state index is -3.36. The first-order chi connectivity index (χ1) is 10.1. The fourth-order valence-corrected chi connectivity index (χ4v) is 4.25. The molecule has 0 saturated carbocycles. The first-order valence-corrected chi connectivity index (χ1v) is 9.70. The zero-order valence-electron chi connectivity index (χ0n) is 13.4. The Morgan fingerprint density at radius 2 is 2.05 bits per heavy atom. The Labute approximate surface area is 135 Å². The zero-order valence-corrected chi connectivity index (χ0v) is 15.0. The van der Waals surface area contributed by atoms with E-state index in [1.165, 1.54) is 4.88 Å². The lowest BCUT2D eigenvalue weighted by Crippen LogP contribution is -2.41. The predicted molar refractivity (Wildman–Crippen MR) is 87.2 cm³/mol. The van der Waals surface area contributed by atoms with Crippen LogP contribution < -0.4 is 4.72 Å². The van der Waals surface area contributed by atoms with Crippen molar-refractivity contribution >= 4 is 21.4 Å². The highest BCUT2D eigenvalue weighted by atomic mass is 32.2. The van der Waals surface area contributed by atoms with Crippen LogP contribution in [0.5, 0.6) is 0 Å². The Morgan fingerprint density at radius 1 is 1.36 bits per heavy atom. The largest absolute Gasteiger partial charge is 0.333 e. The topological polar surface area (TPSA) is 85.1 Å². The smallest absolute Gasteiger partial charge is 0.268 e. The summed E-state index contributed by atoms with van der Waals surface area (Å²) < 4.78 is 30.6. The van der Waals surface area contributed by atoms with Crippen molar-refractivity contribution < 1.29 is 12.9 Å². The van der Waals surface area contributed by atoms with Gasteiger partial charge < -0.3 is 4.52 Å². The summed E-state index contributed by atoms with van der Waals surface area (Å²) >= 11 is 1.62. The van der Waals surface area contributed by atoms with E-state index < -0.39 is 15.6 Å². The van der Waals surface area contributed by atoms with Gasteiger partial charge in [-0.1, -0.05) is 19.0 Å². The molecule has 0 atom stereocenters. The molecular formula is C14H21N3O3S2. The third kappa shape index (κ3) is 4.37. The number of thiophene rings is 1. The minimum Gasteiger partial charge on any atom is -0.333 e. The molecule has 6 nitrogen and oxygen atoms in total. The SMILES string of the molecule is CC(C)Cc1ccc(-c2nc(C(C)(C)NS(C)(=O)=O)no2)s1. The molecule has 122 valence electrons. The Balaban J connectivity index is 2.22. The van der Waals surface area contributed by atoms with E-state index in [0.717, 1.165) is 17.6 Å². The molecule has 0 aromatic carbocycles. The van der Waals surface area contributed by atoms with Crippen molar-refractivity contribution in [2.45, 2.75) is 39.7 Å². The van der Waals surface area contributed by atoms with Gasteiger partial charge >= 0.3 is 0 Å². The lowest BCUT2D eigenvalue weighted by Gasteiger charge is -2.20. The molecule has 0 amide bonds. The van der Waals surface area contributed by atoms with E-state index in [1.807, 2.05) is 6.07 Å². The number of aromatic nitrogens is 2. The molecule has 0 unspecified atom stereocenters. The number of rotatable bonds is 6. The van der Waals surface area contributed by atoms with E-state index in [1.54, 1.807) is 25.2 Å². The third-order valence-electron chi connectivity index (χ3n) is 2.91. The van der Waals surface area contributed by atoms with Gasteiger partial charge in [-0.05, 0) is 38.3 Å². The number of nitrogens with one attached hydrogen (secondary N) is 1. The lowest BCUT2D eigenvalue weighted by atomic mass is 10.1. The molecule has 0 radical (unpaired) electrons. The van der Waals surface area contributed by atoms with Gasteiger partial charge in [0.15, 0.2) is 5.82 Å². The Hall–Kier alpha value is -1.25. The number of nitrogens with zero attached hydrogens (tertiary/aromatic N) is 2. The molecule has 22 heavy (non-hydrogen) atoms. The van der Waals surface area contributed by atoms with Crippen LogP contribution in [0.2, 0.25) is 0 Å². The monoisotopic (exact) mass is 343 g/mol. The summed E-state index contributed by atoms with van der Waals surface area (Å²) in [5.74, 6) is 1.31. The van der Waals surface area contributed by atoms with Gasteiger partial charge in [-0.25, -0.2) is 13.1 Å². The second-order valence-corrected chi connectivity index (χ2v) is 9.20. The fourth-order valence-electron chi connectivity index (χ4n) is 2.09. The average Bonchev–Trinajstić information content (AvgIpc) is 2.91. The highest BCUT2D eigenvalue weighted by molar-refractivity contribution is 7.88. The van der Waals surface area contributed by atoms with Crippen LogP contribution in [0.4, 0.5) is 0 Å². The van der Waals surface area contributed by atoms with Gasteiger partial charge in [0.05, 0.1) is 16.7 Å². The summed E-state index contributed by atoms with van der Waals surface area (Å²) in [6.07, 6.45) is 2.11. The van der Waals surface area contributed by atoms with Crippen LogP contribution in [-0.2, 0) is 22.0 Å². The molecule has 1 N–H and O–H groups in total. The van der Waals surface area contributed by atoms with Gasteiger partial charge in [0.1, 0.15) is 0 Å². The van der Waals surface area contributed by atoms with E-state index >= 15 is 0 Å². The van der Waals surface area contributed by atoms with Crippen LogP contribution in [0.15, 0.2) is 16.7 Å². The maximum Gasteiger partial charge on any atom is 0.268 e. The van der Waals surface area contributed by atoms with E-state index in [0.29, 0.717) is 17.6 Å². The van der Waals surface area contributed by atoms with E-state index in [-0.39, 0.29) is 0 Å². The third-order valence-corrected chi connectivity index (χ3v) is 4.88. The minimum absolute atomic E-state index is 0.312. The van der Waals surface area contributed by atoms with E-state index in [4.69, 9.17) is 4.52 Å². The molecule has 2 rings (SSSR count). The van der Waals surface area contributed by atoms with Crippen LogP contribution in [0.1, 0.15) is 38.4 Å². The zero-order chi connectivity index (χ0) is 16.5. The van der Waals surface area contributed by atoms with Gasteiger partial charge in [-0.15, -0.1) is 11.3 Å². The molecule has 0 aliphatic heterocycles. The molecule has 0 aliphatic rings. The predicted octanol–water partition coefficient (Wildman–Crippen LogP) is 2.78. The summed E-state index contributed by atoms with van der Waals surface area (Å²) in [5.41, 5.74) is -0.923. The van der Waals surface area contributed by atoms with Crippen LogP contribution in [0.3, 0.4) is 0 Å². The number of hydrogen-bond acceptors (Lipinski definition) is 6. The van der Waals surface area contributed by atoms with Gasteiger partial charge in [0.2, 0.25) is 10.0 Å². The first-order valence-electron chi connectivity index (χ1n) is 6.99. The number of hydrogen-bond donors (Lipinski definition) is 1. The fraction of sp³-hybridized carbons (Fsp3) is 0.571. The summed E-state index contributed by atoms with van der Waals surface area (Å²) in [7, 11) is -3.36. The van der Waals surface area contributed by atoms with Gasteiger partial charge in [0.25, 0.3) is 5.89 Å². The van der Waals surface area contributed by atoms with Crippen molar-refractivity contribution in [3.05, 3.63) is 22.8 Å². The molecule has 8 heteroatoms. The Morgan fingerprint density at radius 3 is 2.64 bits per heavy atom. The van der Waals surface area contributed by atoms with Gasteiger partial charge in [-0.3, -0.25) is 0 Å². The van der Waals surface area contributed by atoms with Crippen LogP contribution in [-0.4, -0.2) is 24.8 Å². The normalized spacial score (nSPS) is 13.0. The molecule has 0 aliphatic carbocycles. The lowest BCUT2D eigenvalue weighted by molar-refractivity contribution is 0.382.